The van der Waals surface area contributed by atoms with Crippen LogP contribution in [-0.2, 0) is 11.3 Å². The monoisotopic (exact) mass is 590 g/mol. The number of fused-ring (bicyclic) bond motifs is 2. The predicted octanol–water partition coefficient (Wildman–Crippen LogP) is 3.33. The summed E-state index contributed by atoms with van der Waals surface area (Å²) in [7, 11) is 1.98. The molecule has 0 bridgehead atoms. The normalized spacial score (nSPS) is 17.7. The van der Waals surface area contributed by atoms with Crippen LogP contribution in [0.1, 0.15) is 18.4 Å². The fraction of sp³-hybridized carbons (Fsp3) is 0.345. The minimum absolute atomic E-state index is 0.0305. The number of halogens is 2. The summed E-state index contributed by atoms with van der Waals surface area (Å²) in [6.45, 7) is 6.04. The van der Waals surface area contributed by atoms with E-state index in [1.54, 1.807) is 4.90 Å². The number of aromatic nitrogens is 3. The first-order valence-corrected chi connectivity index (χ1v) is 14.4. The van der Waals surface area contributed by atoms with Crippen LogP contribution in [0, 0.1) is 23.0 Å². The number of rotatable bonds is 5. The number of nitrogen functional groups attached to an aromatic ring is 1. The number of thiazole rings is 1. The summed E-state index contributed by atoms with van der Waals surface area (Å²) in [5.74, 6) is -1.45. The average Bonchev–Trinajstić information content (AvgIpc) is 3.59. The molecule has 0 radical (unpaired) electrons. The molecule has 0 aliphatic carbocycles. The number of amides is 1. The van der Waals surface area contributed by atoms with Crippen LogP contribution in [0.3, 0.4) is 0 Å². The molecule has 5 heterocycles. The van der Waals surface area contributed by atoms with Gasteiger partial charge in [-0.05, 0) is 50.7 Å². The topological polar surface area (TPSA) is 124 Å². The van der Waals surface area contributed by atoms with Crippen molar-refractivity contribution in [2.24, 2.45) is 0 Å². The Morgan fingerprint density at radius 1 is 1.21 bits per heavy atom. The Morgan fingerprint density at radius 3 is 2.64 bits per heavy atom. The van der Waals surface area contributed by atoms with Gasteiger partial charge in [0.15, 0.2) is 5.13 Å². The van der Waals surface area contributed by atoms with Crippen LogP contribution in [0.5, 0.6) is 0 Å². The number of nitrogens with two attached hydrogens (primary N) is 1. The maximum Gasteiger partial charge on any atom is 0.272 e. The number of hydrogen-bond acceptors (Lipinski definition) is 9. The molecule has 216 valence electrons. The molecule has 0 saturated carbocycles. The lowest BCUT2D eigenvalue weighted by Crippen LogP contribution is -2.49. The van der Waals surface area contributed by atoms with Crippen LogP contribution in [0.15, 0.2) is 35.6 Å². The lowest BCUT2D eigenvalue weighted by molar-refractivity contribution is -0.126. The highest BCUT2D eigenvalue weighted by molar-refractivity contribution is 7.22. The van der Waals surface area contributed by atoms with Crippen LogP contribution < -0.4 is 16.2 Å². The van der Waals surface area contributed by atoms with E-state index in [0.717, 1.165) is 30.7 Å². The van der Waals surface area contributed by atoms with Crippen LogP contribution in [0.4, 0.5) is 19.6 Å². The van der Waals surface area contributed by atoms with E-state index in [4.69, 9.17) is 10.7 Å². The molecule has 13 heteroatoms. The minimum Gasteiger partial charge on any atom is -0.375 e. The van der Waals surface area contributed by atoms with Gasteiger partial charge >= 0.3 is 0 Å². The lowest BCUT2D eigenvalue weighted by atomic mass is 10.0. The highest BCUT2D eigenvalue weighted by atomic mass is 32.1. The molecule has 42 heavy (non-hydrogen) atoms. The highest BCUT2D eigenvalue weighted by Gasteiger charge is 2.30. The van der Waals surface area contributed by atoms with Crippen molar-refractivity contribution in [3.63, 3.8) is 0 Å². The van der Waals surface area contributed by atoms with Gasteiger partial charge in [0.05, 0.1) is 15.9 Å². The van der Waals surface area contributed by atoms with Crippen molar-refractivity contribution >= 4 is 49.3 Å². The van der Waals surface area contributed by atoms with Crippen molar-refractivity contribution in [2.75, 3.05) is 50.4 Å². The summed E-state index contributed by atoms with van der Waals surface area (Å²) >= 11 is 0.958. The zero-order valence-corrected chi connectivity index (χ0v) is 23.8. The number of nitrogens with zero attached hydrogens (tertiary/aromatic N) is 7. The molecule has 10 nitrogen and oxygen atoms in total. The third-order valence-electron chi connectivity index (χ3n) is 8.19. The molecular weight excluding hydrogens is 562 g/mol. The predicted molar refractivity (Wildman–Crippen MR) is 158 cm³/mol. The van der Waals surface area contributed by atoms with Crippen LogP contribution in [0.2, 0.25) is 0 Å². The van der Waals surface area contributed by atoms with Gasteiger partial charge in [-0.25, -0.2) is 18.7 Å². The van der Waals surface area contributed by atoms with Crippen molar-refractivity contribution in [1.29, 1.82) is 5.26 Å². The van der Waals surface area contributed by atoms with Crippen molar-refractivity contribution in [3.8, 4) is 17.3 Å². The molecule has 1 aromatic carbocycles. The van der Waals surface area contributed by atoms with Crippen LogP contribution >= 0.6 is 11.3 Å². The van der Waals surface area contributed by atoms with E-state index in [-0.39, 0.29) is 56.3 Å². The van der Waals surface area contributed by atoms with Crippen molar-refractivity contribution < 1.29 is 13.6 Å². The third-order valence-corrected chi connectivity index (χ3v) is 9.08. The second-order valence-electron chi connectivity index (χ2n) is 10.6. The molecule has 4 aromatic rings. The first-order valence-electron chi connectivity index (χ1n) is 13.6. The highest BCUT2D eigenvalue weighted by Crippen LogP contribution is 2.37. The number of carbonyl (C=O) groups excluding carboxylic acids is 1. The van der Waals surface area contributed by atoms with E-state index < -0.39 is 17.2 Å². The van der Waals surface area contributed by atoms with E-state index >= 15 is 4.39 Å². The molecule has 3 aromatic heterocycles. The fourth-order valence-corrected chi connectivity index (χ4v) is 6.76. The Morgan fingerprint density at radius 2 is 1.98 bits per heavy atom. The Bertz CT molecular complexity index is 1850. The summed E-state index contributed by atoms with van der Waals surface area (Å²) < 4.78 is 32.3. The number of benzene rings is 1. The average molecular weight is 591 g/mol. The summed E-state index contributed by atoms with van der Waals surface area (Å²) in [6.07, 6.45) is 3.07. The van der Waals surface area contributed by atoms with Gasteiger partial charge in [0, 0.05) is 49.7 Å². The molecule has 2 saturated heterocycles. The van der Waals surface area contributed by atoms with Gasteiger partial charge in [-0.3, -0.25) is 14.2 Å². The lowest BCUT2D eigenvalue weighted by Gasteiger charge is -2.36. The van der Waals surface area contributed by atoms with Crippen LogP contribution in [-0.4, -0.2) is 76.1 Å². The van der Waals surface area contributed by atoms with E-state index in [1.165, 1.54) is 28.8 Å². The van der Waals surface area contributed by atoms with Gasteiger partial charge in [-0.1, -0.05) is 17.9 Å². The van der Waals surface area contributed by atoms with Gasteiger partial charge < -0.3 is 20.4 Å². The molecule has 2 N–H and O–H groups in total. The fourth-order valence-electron chi connectivity index (χ4n) is 6.00. The number of anilines is 2. The standard InChI is InChI=1S/C29H28F2N8O2S/c1-3-22(40)37-9-11-38(12-10-37)25-18-13-21(31)23(17-6-7-20(30)26-24(17)35-29(33)42-26)34-27(18)39(28(41)19(25)14-32)15-16-5-4-8-36(16)2/h3,6-7,13,16H,1,4-5,8-12,15H2,2H3,(H2,33,35)/t16-/m0/s1. The van der Waals surface area contributed by atoms with Gasteiger partial charge in [0.1, 0.15) is 34.6 Å². The van der Waals surface area contributed by atoms with E-state index in [0.29, 0.717) is 37.3 Å². The van der Waals surface area contributed by atoms with Gasteiger partial charge in [-0.2, -0.15) is 5.26 Å². The number of likely N-dealkylation sites (tertiary alicyclic amines) is 1. The van der Waals surface area contributed by atoms with E-state index in [9.17, 15) is 19.2 Å². The molecule has 2 aliphatic rings. The number of piperazine rings is 1. The van der Waals surface area contributed by atoms with Crippen molar-refractivity contribution in [1.82, 2.24) is 24.3 Å². The summed E-state index contributed by atoms with van der Waals surface area (Å²) in [4.78, 5) is 40.7. The Labute approximate surface area is 243 Å². The molecule has 1 amide bonds. The van der Waals surface area contributed by atoms with E-state index in [2.05, 4.69) is 22.5 Å². The molecule has 2 aliphatic heterocycles. The van der Waals surface area contributed by atoms with Crippen LogP contribution in [0.25, 0.3) is 32.5 Å². The molecule has 0 unspecified atom stereocenters. The quantitative estimate of drug-likeness (QED) is 0.351. The minimum atomic E-state index is -0.712. The largest absolute Gasteiger partial charge is 0.375 e. The number of pyridine rings is 2. The van der Waals surface area contributed by atoms with Gasteiger partial charge in [0.25, 0.3) is 5.56 Å². The second kappa shape index (κ2) is 10.8. The zero-order valence-electron chi connectivity index (χ0n) is 22.9. The molecule has 1 atom stereocenters. The Kier molecular flexibility index (Phi) is 7.12. The second-order valence-corrected chi connectivity index (χ2v) is 11.6. The Balaban J connectivity index is 1.58. The summed E-state index contributed by atoms with van der Waals surface area (Å²) in [5.41, 5.74) is 6.10. The number of nitriles is 1. The molecular formula is C29H28F2N8O2S. The number of carbonyl (C=O) groups is 1. The molecule has 2 fully saturated rings. The number of hydrogen-bond donors (Lipinski definition) is 1. The first kappa shape index (κ1) is 27.7. The van der Waals surface area contributed by atoms with Crippen molar-refractivity contribution in [2.45, 2.75) is 25.4 Å². The van der Waals surface area contributed by atoms with Gasteiger partial charge in [0.2, 0.25) is 5.91 Å². The van der Waals surface area contributed by atoms with Crippen molar-refractivity contribution in [3.05, 3.63) is 58.4 Å². The zero-order chi connectivity index (χ0) is 29.7. The first-order chi connectivity index (χ1) is 20.2. The van der Waals surface area contributed by atoms with Gasteiger partial charge in [-0.15, -0.1) is 0 Å². The summed E-state index contributed by atoms with van der Waals surface area (Å²) in [5, 5.41) is 10.7. The van der Waals surface area contributed by atoms with E-state index in [1.807, 2.05) is 11.9 Å². The SMILES string of the molecule is C=CC(=O)N1CCN(c2c(C#N)c(=O)n(C[C@@H]3CCCN3C)c3nc(-c4ccc(F)c5sc(N)nc45)c(F)cc23)CC1. The maximum absolute atomic E-state index is 16.1. The summed E-state index contributed by atoms with van der Waals surface area (Å²) in [6, 6.07) is 6.01. The Hall–Kier alpha value is -4.41. The maximum atomic E-state index is 16.1. The molecule has 0 spiro atoms. The molecule has 6 rings (SSSR count). The smallest absolute Gasteiger partial charge is 0.272 e. The number of likely N-dealkylation sites (N-methyl/N-ethyl adjacent to an activating group) is 1. The third kappa shape index (κ3) is 4.56.